The first-order chi connectivity index (χ1) is 7.85. The molecule has 1 spiro atoms. The molecule has 0 aromatic carbocycles. The van der Waals surface area contributed by atoms with E-state index in [1.54, 1.807) is 0 Å². The lowest BCUT2D eigenvalue weighted by atomic mass is 9.95. The van der Waals surface area contributed by atoms with Gasteiger partial charge in [0.1, 0.15) is 0 Å². The first-order valence-electron chi connectivity index (χ1n) is 6.97. The molecule has 0 unspecified atom stereocenters. The van der Waals surface area contributed by atoms with Crippen LogP contribution >= 0.6 is 0 Å². The largest absolute Gasteiger partial charge is 0.292 e. The highest BCUT2D eigenvalue weighted by Crippen LogP contribution is 2.51. The monoisotopic (exact) mass is 223 g/mol. The molecular formula is C15H29N. The molecule has 94 valence electrons. The van der Waals surface area contributed by atoms with E-state index in [9.17, 15) is 0 Å². The summed E-state index contributed by atoms with van der Waals surface area (Å²) in [5.74, 6) is 6.13. The molecule has 1 aliphatic carbocycles. The van der Waals surface area contributed by atoms with E-state index in [4.69, 9.17) is 0 Å². The summed E-state index contributed by atoms with van der Waals surface area (Å²) in [6, 6.07) is 0. The first-order valence-corrected chi connectivity index (χ1v) is 6.97. The van der Waals surface area contributed by atoms with E-state index in [0.717, 1.165) is 12.0 Å². The van der Waals surface area contributed by atoms with Gasteiger partial charge in [0.25, 0.3) is 0 Å². The molecule has 2 rings (SSSR count). The molecule has 1 saturated carbocycles. The van der Waals surface area contributed by atoms with Crippen molar-refractivity contribution < 1.29 is 0 Å². The van der Waals surface area contributed by atoms with Crippen LogP contribution in [0.3, 0.4) is 0 Å². The second-order valence-electron chi connectivity index (χ2n) is 4.24. The van der Waals surface area contributed by atoms with Crippen molar-refractivity contribution in [2.24, 2.45) is 5.41 Å². The summed E-state index contributed by atoms with van der Waals surface area (Å²) < 4.78 is 0. The van der Waals surface area contributed by atoms with Gasteiger partial charge in [-0.1, -0.05) is 33.6 Å². The van der Waals surface area contributed by atoms with Crippen LogP contribution in [-0.4, -0.2) is 24.5 Å². The van der Waals surface area contributed by atoms with Crippen molar-refractivity contribution in [3.63, 3.8) is 0 Å². The van der Waals surface area contributed by atoms with Crippen LogP contribution in [0.5, 0.6) is 0 Å². The average molecular weight is 223 g/mol. The highest BCUT2D eigenvalue weighted by atomic mass is 15.1. The summed E-state index contributed by atoms with van der Waals surface area (Å²) in [7, 11) is 0. The maximum atomic E-state index is 3.16. The average Bonchev–Trinajstić information content (AvgIpc) is 3.11. The molecule has 0 aromatic rings. The number of likely N-dealkylation sites (tertiary alicyclic amines) is 1. The number of hydrogen-bond donors (Lipinski definition) is 0. The summed E-state index contributed by atoms with van der Waals surface area (Å²) in [6.07, 6.45) is 5.82. The topological polar surface area (TPSA) is 3.24 Å². The Morgan fingerprint density at radius 1 is 1.06 bits per heavy atom. The van der Waals surface area contributed by atoms with Gasteiger partial charge in [-0.15, -0.1) is 5.92 Å². The van der Waals surface area contributed by atoms with Gasteiger partial charge in [-0.25, -0.2) is 0 Å². The Kier molecular flexibility index (Phi) is 8.39. The highest BCUT2D eigenvalue weighted by molar-refractivity contribution is 5.03. The minimum Gasteiger partial charge on any atom is -0.292 e. The van der Waals surface area contributed by atoms with Crippen LogP contribution in [0.1, 0.15) is 60.3 Å². The second kappa shape index (κ2) is 8.65. The van der Waals surface area contributed by atoms with Gasteiger partial charge < -0.3 is 0 Å². The lowest BCUT2D eigenvalue weighted by molar-refractivity contribution is 0.179. The van der Waals surface area contributed by atoms with Crippen LogP contribution in [0.4, 0.5) is 0 Å². The van der Waals surface area contributed by atoms with Gasteiger partial charge in [0.2, 0.25) is 0 Å². The SMILES string of the molecule is CC.CC.CC#CCN1CCCC2(CC2)C1. The molecule has 1 aliphatic heterocycles. The summed E-state index contributed by atoms with van der Waals surface area (Å²) in [4.78, 5) is 2.52. The molecule has 1 saturated heterocycles. The summed E-state index contributed by atoms with van der Waals surface area (Å²) in [5.41, 5.74) is 0.758. The van der Waals surface area contributed by atoms with Gasteiger partial charge in [0.15, 0.2) is 0 Å². The molecule has 1 heterocycles. The lowest BCUT2D eigenvalue weighted by Crippen LogP contribution is -2.36. The van der Waals surface area contributed by atoms with Crippen LogP contribution in [-0.2, 0) is 0 Å². The standard InChI is InChI=1S/C11H17N.2C2H6/c1-2-3-8-12-9-4-5-11(10-12)6-7-11;2*1-2/h4-10H2,1H3;2*1-2H3. The number of piperidine rings is 1. The van der Waals surface area contributed by atoms with Gasteiger partial charge in [0.05, 0.1) is 6.54 Å². The molecule has 0 bridgehead atoms. The minimum atomic E-state index is 0.758. The predicted octanol–water partition coefficient (Wildman–Crippen LogP) is 3.94. The Hall–Kier alpha value is -0.480. The zero-order valence-electron chi connectivity index (χ0n) is 11.9. The zero-order valence-corrected chi connectivity index (χ0v) is 11.9. The normalized spacial score (nSPS) is 20.6. The van der Waals surface area contributed by atoms with E-state index < -0.39 is 0 Å². The minimum absolute atomic E-state index is 0.758. The Labute approximate surface area is 103 Å². The van der Waals surface area contributed by atoms with Crippen molar-refractivity contribution in [1.29, 1.82) is 0 Å². The molecule has 0 atom stereocenters. The first kappa shape index (κ1) is 15.5. The van der Waals surface area contributed by atoms with Crippen LogP contribution in [0.15, 0.2) is 0 Å². The van der Waals surface area contributed by atoms with Crippen LogP contribution in [0.2, 0.25) is 0 Å². The number of rotatable bonds is 1. The van der Waals surface area contributed by atoms with Gasteiger partial charge in [-0.2, -0.15) is 0 Å². The molecule has 0 amide bonds. The summed E-state index contributed by atoms with van der Waals surface area (Å²) >= 11 is 0. The molecule has 0 N–H and O–H groups in total. The Balaban J connectivity index is 0.000000509. The van der Waals surface area contributed by atoms with Crippen LogP contribution < -0.4 is 0 Å². The van der Waals surface area contributed by atoms with Crippen molar-refractivity contribution >= 4 is 0 Å². The Morgan fingerprint density at radius 2 is 1.69 bits per heavy atom. The van der Waals surface area contributed by atoms with E-state index in [1.165, 1.54) is 38.8 Å². The van der Waals surface area contributed by atoms with Crippen molar-refractivity contribution in [3.8, 4) is 11.8 Å². The zero-order chi connectivity index (χ0) is 12.4. The number of hydrogen-bond acceptors (Lipinski definition) is 1. The smallest absolute Gasteiger partial charge is 0.0601 e. The van der Waals surface area contributed by atoms with Gasteiger partial charge in [-0.05, 0) is 44.6 Å². The van der Waals surface area contributed by atoms with Crippen LogP contribution in [0.25, 0.3) is 0 Å². The fraction of sp³-hybridized carbons (Fsp3) is 0.867. The third-order valence-electron chi connectivity index (χ3n) is 3.18. The van der Waals surface area contributed by atoms with E-state index in [1.807, 2.05) is 34.6 Å². The lowest BCUT2D eigenvalue weighted by Gasteiger charge is -2.31. The van der Waals surface area contributed by atoms with E-state index in [0.29, 0.717) is 0 Å². The Bertz CT molecular complexity index is 217. The predicted molar refractivity (Wildman–Crippen MR) is 73.5 cm³/mol. The fourth-order valence-electron chi connectivity index (χ4n) is 2.22. The third kappa shape index (κ3) is 5.03. The van der Waals surface area contributed by atoms with Crippen molar-refractivity contribution in [2.75, 3.05) is 19.6 Å². The van der Waals surface area contributed by atoms with Crippen molar-refractivity contribution in [2.45, 2.75) is 60.3 Å². The van der Waals surface area contributed by atoms with Gasteiger partial charge in [0, 0.05) is 6.54 Å². The van der Waals surface area contributed by atoms with E-state index >= 15 is 0 Å². The Morgan fingerprint density at radius 3 is 2.19 bits per heavy atom. The van der Waals surface area contributed by atoms with Gasteiger partial charge >= 0.3 is 0 Å². The molecule has 0 aromatic heterocycles. The quantitative estimate of drug-likeness (QED) is 0.609. The van der Waals surface area contributed by atoms with Crippen LogP contribution in [0, 0.1) is 17.3 Å². The van der Waals surface area contributed by atoms with E-state index in [-0.39, 0.29) is 0 Å². The molecule has 2 fully saturated rings. The summed E-state index contributed by atoms with van der Waals surface area (Å²) in [5, 5.41) is 0. The van der Waals surface area contributed by atoms with Gasteiger partial charge in [-0.3, -0.25) is 4.90 Å². The second-order valence-corrected chi connectivity index (χ2v) is 4.24. The molecule has 16 heavy (non-hydrogen) atoms. The molecule has 2 aliphatic rings. The highest BCUT2D eigenvalue weighted by Gasteiger charge is 2.44. The molecule has 0 radical (unpaired) electrons. The molecular weight excluding hydrogens is 194 g/mol. The summed E-state index contributed by atoms with van der Waals surface area (Å²) in [6.45, 7) is 13.5. The van der Waals surface area contributed by atoms with E-state index in [2.05, 4.69) is 16.7 Å². The maximum absolute atomic E-state index is 3.16. The molecule has 1 nitrogen and oxygen atoms in total. The fourth-order valence-corrected chi connectivity index (χ4v) is 2.22. The van der Waals surface area contributed by atoms with Crippen molar-refractivity contribution in [3.05, 3.63) is 0 Å². The number of nitrogens with zero attached hydrogens (tertiary/aromatic N) is 1. The maximum Gasteiger partial charge on any atom is 0.0601 e. The third-order valence-corrected chi connectivity index (χ3v) is 3.18. The van der Waals surface area contributed by atoms with Crippen molar-refractivity contribution in [1.82, 2.24) is 4.90 Å². The molecule has 1 heteroatoms.